The topological polar surface area (TPSA) is 92.7 Å². The number of aromatic hydroxyl groups is 1. The highest BCUT2D eigenvalue weighted by atomic mass is 16.5. The van der Waals surface area contributed by atoms with Crippen molar-refractivity contribution < 1.29 is 24.2 Å². The molecular weight excluding hydrogens is 370 g/mol. The molecule has 29 heavy (non-hydrogen) atoms. The van der Waals surface area contributed by atoms with E-state index in [2.05, 4.69) is 5.32 Å². The van der Waals surface area contributed by atoms with Gasteiger partial charge in [-0.1, -0.05) is 30.3 Å². The molecule has 0 aliphatic rings. The molecule has 1 amide bonds. The summed E-state index contributed by atoms with van der Waals surface area (Å²) in [5, 5.41) is 12.7. The highest BCUT2D eigenvalue weighted by Gasteiger charge is 2.16. The Kier molecular flexibility index (Phi) is 6.04. The van der Waals surface area contributed by atoms with E-state index in [0.717, 1.165) is 0 Å². The standard InChI is InChI=1S/C23H19NO5/c1-15-6-5-9-19(21(15)26)23(28)29-14-20(25)16-10-12-18(13-11-16)24-22(27)17-7-3-2-4-8-17/h2-13,26H,14H2,1H3,(H,24,27). The lowest BCUT2D eigenvalue weighted by Crippen LogP contribution is -2.15. The third kappa shape index (κ3) is 4.87. The maximum absolute atomic E-state index is 12.3. The molecule has 6 heteroatoms. The van der Waals surface area contributed by atoms with Crippen LogP contribution in [0, 0.1) is 6.92 Å². The molecule has 0 heterocycles. The monoisotopic (exact) mass is 389 g/mol. The van der Waals surface area contributed by atoms with Gasteiger partial charge in [-0.15, -0.1) is 0 Å². The predicted octanol–water partition coefficient (Wildman–Crippen LogP) is 3.99. The first kappa shape index (κ1) is 19.8. The lowest BCUT2D eigenvalue weighted by Gasteiger charge is -2.08. The Balaban J connectivity index is 1.58. The lowest BCUT2D eigenvalue weighted by atomic mass is 10.1. The van der Waals surface area contributed by atoms with Gasteiger partial charge in [0.1, 0.15) is 11.3 Å². The minimum absolute atomic E-state index is 0.0109. The molecule has 0 spiro atoms. The van der Waals surface area contributed by atoms with Crippen molar-refractivity contribution in [2.75, 3.05) is 11.9 Å². The normalized spacial score (nSPS) is 10.2. The van der Waals surface area contributed by atoms with E-state index in [9.17, 15) is 19.5 Å². The van der Waals surface area contributed by atoms with E-state index in [-0.39, 0.29) is 17.2 Å². The molecule has 146 valence electrons. The molecule has 0 radical (unpaired) electrons. The Morgan fingerprint density at radius 1 is 0.862 bits per heavy atom. The third-order valence-electron chi connectivity index (χ3n) is 4.29. The molecule has 0 aliphatic carbocycles. The van der Waals surface area contributed by atoms with Gasteiger partial charge >= 0.3 is 5.97 Å². The Hall–Kier alpha value is -3.93. The van der Waals surface area contributed by atoms with Crippen molar-refractivity contribution in [3.8, 4) is 5.75 Å². The number of ketones is 1. The Bertz CT molecular complexity index is 1040. The summed E-state index contributed by atoms with van der Waals surface area (Å²) in [6.07, 6.45) is 0. The number of carbonyl (C=O) groups is 3. The summed E-state index contributed by atoms with van der Waals surface area (Å²) in [6, 6.07) is 19.8. The second-order valence-electron chi connectivity index (χ2n) is 6.37. The molecule has 3 aromatic carbocycles. The summed E-state index contributed by atoms with van der Waals surface area (Å²) >= 11 is 0. The number of amides is 1. The maximum Gasteiger partial charge on any atom is 0.342 e. The molecule has 3 aromatic rings. The number of esters is 1. The first-order valence-electron chi connectivity index (χ1n) is 8.91. The molecule has 6 nitrogen and oxygen atoms in total. The number of phenols is 1. The van der Waals surface area contributed by atoms with E-state index in [1.165, 1.54) is 6.07 Å². The number of hydrogen-bond donors (Lipinski definition) is 2. The van der Waals surface area contributed by atoms with Gasteiger partial charge in [-0.3, -0.25) is 9.59 Å². The Labute approximate surface area is 167 Å². The molecule has 0 saturated heterocycles. The smallest absolute Gasteiger partial charge is 0.342 e. The van der Waals surface area contributed by atoms with E-state index in [1.54, 1.807) is 67.6 Å². The minimum atomic E-state index is -0.772. The van der Waals surface area contributed by atoms with Crippen LogP contribution in [-0.2, 0) is 4.74 Å². The summed E-state index contributed by atoms with van der Waals surface area (Å²) < 4.78 is 5.01. The van der Waals surface area contributed by atoms with Gasteiger partial charge in [0.2, 0.25) is 0 Å². The number of para-hydroxylation sites is 1. The van der Waals surface area contributed by atoms with Crippen LogP contribution >= 0.6 is 0 Å². The van der Waals surface area contributed by atoms with Crippen molar-refractivity contribution in [3.63, 3.8) is 0 Å². The van der Waals surface area contributed by atoms with Crippen molar-refractivity contribution in [2.24, 2.45) is 0 Å². The summed E-state index contributed by atoms with van der Waals surface area (Å²) in [5.41, 5.74) is 1.95. The zero-order valence-corrected chi connectivity index (χ0v) is 15.7. The maximum atomic E-state index is 12.3. The summed E-state index contributed by atoms with van der Waals surface area (Å²) in [5.74, 6) is -1.59. The van der Waals surface area contributed by atoms with Crippen molar-refractivity contribution >= 4 is 23.3 Å². The summed E-state index contributed by atoms with van der Waals surface area (Å²) in [7, 11) is 0. The Morgan fingerprint density at radius 2 is 1.55 bits per heavy atom. The van der Waals surface area contributed by atoms with Gasteiger partial charge in [0, 0.05) is 16.8 Å². The minimum Gasteiger partial charge on any atom is -0.507 e. The number of nitrogens with one attached hydrogen (secondary N) is 1. The number of Topliss-reactive ketones (excluding diaryl/α,β-unsaturated/α-hetero) is 1. The fourth-order valence-electron chi connectivity index (χ4n) is 2.65. The van der Waals surface area contributed by atoms with Gasteiger partial charge in [0.25, 0.3) is 5.91 Å². The second kappa shape index (κ2) is 8.84. The molecular formula is C23H19NO5. The third-order valence-corrected chi connectivity index (χ3v) is 4.29. The molecule has 0 unspecified atom stereocenters. The first-order chi connectivity index (χ1) is 14.0. The van der Waals surface area contributed by atoms with Crippen LogP contribution in [0.15, 0.2) is 72.8 Å². The molecule has 0 aliphatic heterocycles. The highest BCUT2D eigenvalue weighted by molar-refractivity contribution is 6.05. The number of benzene rings is 3. The van der Waals surface area contributed by atoms with Crippen LogP contribution in [0.1, 0.15) is 36.6 Å². The van der Waals surface area contributed by atoms with Crippen molar-refractivity contribution in [1.29, 1.82) is 0 Å². The average molecular weight is 389 g/mol. The fourth-order valence-corrected chi connectivity index (χ4v) is 2.65. The van der Waals surface area contributed by atoms with Crippen LogP contribution in [0.2, 0.25) is 0 Å². The molecule has 0 aromatic heterocycles. The quantitative estimate of drug-likeness (QED) is 0.491. The van der Waals surface area contributed by atoms with Crippen LogP contribution in [0.3, 0.4) is 0 Å². The zero-order valence-electron chi connectivity index (χ0n) is 15.7. The number of ether oxygens (including phenoxy) is 1. The SMILES string of the molecule is Cc1cccc(C(=O)OCC(=O)c2ccc(NC(=O)c3ccccc3)cc2)c1O. The predicted molar refractivity (Wildman–Crippen MR) is 108 cm³/mol. The van der Waals surface area contributed by atoms with E-state index < -0.39 is 18.4 Å². The van der Waals surface area contributed by atoms with Crippen LogP contribution in [0.25, 0.3) is 0 Å². The number of phenolic OH excluding ortho intramolecular Hbond substituents is 1. The molecule has 3 rings (SSSR count). The molecule has 2 N–H and O–H groups in total. The van der Waals surface area contributed by atoms with Crippen LogP contribution in [0.5, 0.6) is 5.75 Å². The molecule has 0 fully saturated rings. The molecule has 0 saturated carbocycles. The van der Waals surface area contributed by atoms with E-state index in [1.807, 2.05) is 6.07 Å². The van der Waals surface area contributed by atoms with E-state index in [4.69, 9.17) is 4.74 Å². The largest absolute Gasteiger partial charge is 0.507 e. The highest BCUT2D eigenvalue weighted by Crippen LogP contribution is 2.22. The van der Waals surface area contributed by atoms with Crippen LogP contribution in [0.4, 0.5) is 5.69 Å². The Morgan fingerprint density at radius 3 is 2.24 bits per heavy atom. The number of aryl methyl sites for hydroxylation is 1. The van der Waals surface area contributed by atoms with Crippen molar-refractivity contribution in [2.45, 2.75) is 6.92 Å². The van der Waals surface area contributed by atoms with E-state index in [0.29, 0.717) is 22.4 Å². The van der Waals surface area contributed by atoms with Gasteiger partial charge < -0.3 is 15.2 Å². The van der Waals surface area contributed by atoms with Crippen molar-refractivity contribution in [1.82, 2.24) is 0 Å². The van der Waals surface area contributed by atoms with Crippen LogP contribution in [-0.4, -0.2) is 29.4 Å². The van der Waals surface area contributed by atoms with Gasteiger partial charge in [-0.2, -0.15) is 0 Å². The fraction of sp³-hybridized carbons (Fsp3) is 0.0870. The number of anilines is 1. The number of carbonyl (C=O) groups excluding carboxylic acids is 3. The zero-order chi connectivity index (χ0) is 20.8. The van der Waals surface area contributed by atoms with E-state index >= 15 is 0 Å². The number of hydrogen-bond acceptors (Lipinski definition) is 5. The summed E-state index contributed by atoms with van der Waals surface area (Å²) in [4.78, 5) is 36.5. The summed E-state index contributed by atoms with van der Waals surface area (Å²) in [6.45, 7) is 1.21. The lowest BCUT2D eigenvalue weighted by molar-refractivity contribution is 0.0471. The van der Waals surface area contributed by atoms with Gasteiger partial charge in [0.15, 0.2) is 12.4 Å². The average Bonchev–Trinajstić information content (AvgIpc) is 2.75. The van der Waals surface area contributed by atoms with Gasteiger partial charge in [-0.25, -0.2) is 4.79 Å². The number of rotatable bonds is 6. The first-order valence-corrected chi connectivity index (χ1v) is 8.91. The van der Waals surface area contributed by atoms with Crippen molar-refractivity contribution in [3.05, 3.63) is 95.1 Å². The second-order valence-corrected chi connectivity index (χ2v) is 6.37. The molecule has 0 bridgehead atoms. The molecule has 0 atom stereocenters. The van der Waals surface area contributed by atoms with Crippen LogP contribution < -0.4 is 5.32 Å². The van der Waals surface area contributed by atoms with Gasteiger partial charge in [0.05, 0.1) is 0 Å². The van der Waals surface area contributed by atoms with Gasteiger partial charge in [-0.05, 0) is 55.0 Å².